The Morgan fingerprint density at radius 3 is 2.56 bits per heavy atom. The highest BCUT2D eigenvalue weighted by atomic mass is 32.1. The van der Waals surface area contributed by atoms with Gasteiger partial charge in [-0.25, -0.2) is 4.98 Å². The van der Waals surface area contributed by atoms with Crippen molar-refractivity contribution < 1.29 is 14.3 Å². The predicted molar refractivity (Wildman–Crippen MR) is 125 cm³/mol. The van der Waals surface area contributed by atoms with Crippen molar-refractivity contribution in [1.29, 1.82) is 0 Å². The number of aromatic nitrogens is 2. The Kier molecular flexibility index (Phi) is 4.78. The average molecular weight is 448 g/mol. The molecular weight excluding hydrogens is 422 g/mol. The molecule has 1 amide bonds. The van der Waals surface area contributed by atoms with Crippen LogP contribution in [0.25, 0.3) is 26.4 Å². The summed E-state index contributed by atoms with van der Waals surface area (Å²) in [6.45, 7) is 4.77. The van der Waals surface area contributed by atoms with E-state index in [4.69, 9.17) is 14.5 Å². The Hall–Kier alpha value is -2.74. The number of thiazole rings is 1. The van der Waals surface area contributed by atoms with Crippen LogP contribution in [0, 0.1) is 0 Å². The highest BCUT2D eigenvalue weighted by Crippen LogP contribution is 2.33. The molecule has 0 bridgehead atoms. The van der Waals surface area contributed by atoms with E-state index in [1.54, 1.807) is 11.3 Å². The molecule has 0 N–H and O–H groups in total. The number of nitrogens with zero attached hydrogens (tertiary/aromatic N) is 3. The molecule has 1 spiro atoms. The average Bonchev–Trinajstić information content (AvgIpc) is 3.54. The van der Waals surface area contributed by atoms with Crippen LogP contribution in [0.15, 0.2) is 48.7 Å². The lowest BCUT2D eigenvalue weighted by Crippen LogP contribution is -2.47. The van der Waals surface area contributed by atoms with Gasteiger partial charge in [-0.1, -0.05) is 42.5 Å². The molecule has 0 aliphatic carbocycles. The van der Waals surface area contributed by atoms with Gasteiger partial charge in [0.2, 0.25) is 0 Å². The van der Waals surface area contributed by atoms with Gasteiger partial charge in [-0.3, -0.25) is 9.20 Å². The van der Waals surface area contributed by atoms with Crippen LogP contribution in [0.4, 0.5) is 0 Å². The summed E-state index contributed by atoms with van der Waals surface area (Å²) in [6.07, 6.45) is 4.58. The number of carbonyl (C=O) groups is 1. The lowest BCUT2D eigenvalue weighted by Gasteiger charge is -2.37. The quantitative estimate of drug-likeness (QED) is 0.455. The topological polar surface area (TPSA) is 56.1 Å². The minimum atomic E-state index is -0.464. The number of ether oxygens (including phenoxy) is 2. The van der Waals surface area contributed by atoms with Crippen molar-refractivity contribution in [3.8, 4) is 11.3 Å². The highest BCUT2D eigenvalue weighted by molar-refractivity contribution is 7.23. The van der Waals surface area contributed by atoms with E-state index in [0.717, 1.165) is 51.3 Å². The summed E-state index contributed by atoms with van der Waals surface area (Å²) >= 11 is 1.62. The molecular formula is C25H25N3O3S. The zero-order chi connectivity index (χ0) is 21.7. The van der Waals surface area contributed by atoms with Gasteiger partial charge in [0.1, 0.15) is 0 Å². The molecule has 6 nitrogen and oxygen atoms in total. The Bertz CT molecular complexity index is 1290. The summed E-state index contributed by atoms with van der Waals surface area (Å²) in [6, 6.07) is 14.5. The predicted octanol–water partition coefficient (Wildman–Crippen LogP) is 4.76. The van der Waals surface area contributed by atoms with Crippen molar-refractivity contribution in [3.63, 3.8) is 0 Å². The van der Waals surface area contributed by atoms with Gasteiger partial charge in [0, 0.05) is 43.3 Å². The molecule has 164 valence electrons. The minimum absolute atomic E-state index is 0.0718. The number of piperidine rings is 1. The number of fused-ring (bicyclic) bond motifs is 3. The maximum atomic E-state index is 13.1. The normalized spacial score (nSPS) is 18.2. The van der Waals surface area contributed by atoms with Crippen LogP contribution in [0.2, 0.25) is 0 Å². The minimum Gasteiger partial charge on any atom is -0.347 e. The van der Waals surface area contributed by atoms with E-state index in [-0.39, 0.29) is 5.91 Å². The van der Waals surface area contributed by atoms with E-state index in [1.165, 1.54) is 5.56 Å². The SMILES string of the molecule is CCc1ccc(-c2cn3c(n2)sc2cc(C(=O)N4CCC5(CC4)OCCO5)ccc23)cc1. The van der Waals surface area contributed by atoms with Gasteiger partial charge in [0.25, 0.3) is 5.91 Å². The fourth-order valence-electron chi connectivity index (χ4n) is 4.70. The molecule has 0 unspecified atom stereocenters. The molecule has 32 heavy (non-hydrogen) atoms. The third-order valence-electron chi connectivity index (χ3n) is 6.63. The van der Waals surface area contributed by atoms with Crippen molar-refractivity contribution in [2.45, 2.75) is 32.0 Å². The molecule has 2 saturated heterocycles. The van der Waals surface area contributed by atoms with Crippen LogP contribution in [-0.2, 0) is 15.9 Å². The lowest BCUT2D eigenvalue weighted by atomic mass is 10.0. The van der Waals surface area contributed by atoms with E-state index >= 15 is 0 Å². The Morgan fingerprint density at radius 1 is 1.09 bits per heavy atom. The maximum Gasteiger partial charge on any atom is 0.253 e. The van der Waals surface area contributed by atoms with Gasteiger partial charge in [-0.15, -0.1) is 0 Å². The maximum absolute atomic E-state index is 13.1. The van der Waals surface area contributed by atoms with Gasteiger partial charge in [0.15, 0.2) is 10.7 Å². The van der Waals surface area contributed by atoms with Crippen LogP contribution in [0.5, 0.6) is 0 Å². The van der Waals surface area contributed by atoms with Crippen LogP contribution >= 0.6 is 11.3 Å². The van der Waals surface area contributed by atoms with Crippen LogP contribution in [0.1, 0.15) is 35.7 Å². The molecule has 2 aromatic heterocycles. The molecule has 2 aliphatic rings. The number of rotatable bonds is 3. The number of amides is 1. The number of carbonyl (C=O) groups excluding carboxylic acids is 1. The second kappa shape index (κ2) is 7.69. The molecule has 4 aromatic rings. The molecule has 7 heteroatoms. The highest BCUT2D eigenvalue weighted by Gasteiger charge is 2.40. The smallest absolute Gasteiger partial charge is 0.253 e. The van der Waals surface area contributed by atoms with Crippen molar-refractivity contribution in [2.24, 2.45) is 0 Å². The van der Waals surface area contributed by atoms with Gasteiger partial charge in [-0.05, 0) is 30.2 Å². The summed E-state index contributed by atoms with van der Waals surface area (Å²) in [4.78, 5) is 20.8. The Labute approximate surface area is 190 Å². The Morgan fingerprint density at radius 2 is 1.84 bits per heavy atom. The third-order valence-corrected chi connectivity index (χ3v) is 7.64. The van der Waals surface area contributed by atoms with Crippen molar-refractivity contribution in [1.82, 2.24) is 14.3 Å². The molecule has 2 fully saturated rings. The van der Waals surface area contributed by atoms with E-state index in [2.05, 4.69) is 41.8 Å². The van der Waals surface area contributed by atoms with E-state index in [9.17, 15) is 4.79 Å². The summed E-state index contributed by atoms with van der Waals surface area (Å²) in [7, 11) is 0. The molecule has 0 atom stereocenters. The molecule has 2 aromatic carbocycles. The fourth-order valence-corrected chi connectivity index (χ4v) is 5.75. The summed E-state index contributed by atoms with van der Waals surface area (Å²) < 4.78 is 14.8. The van der Waals surface area contributed by atoms with Crippen molar-refractivity contribution >= 4 is 32.4 Å². The number of aryl methyl sites for hydroxylation is 1. The molecule has 6 rings (SSSR count). The monoisotopic (exact) mass is 447 g/mol. The van der Waals surface area contributed by atoms with E-state index in [1.807, 2.05) is 23.1 Å². The largest absolute Gasteiger partial charge is 0.347 e. The van der Waals surface area contributed by atoms with Gasteiger partial charge < -0.3 is 14.4 Å². The number of benzene rings is 2. The molecule has 2 aliphatic heterocycles. The van der Waals surface area contributed by atoms with Gasteiger partial charge in [0.05, 0.1) is 29.1 Å². The lowest BCUT2D eigenvalue weighted by molar-refractivity contribution is -0.181. The number of likely N-dealkylation sites (tertiary alicyclic amines) is 1. The first-order valence-electron chi connectivity index (χ1n) is 11.2. The Balaban J connectivity index is 1.24. The van der Waals surface area contributed by atoms with E-state index < -0.39 is 5.79 Å². The second-order valence-corrected chi connectivity index (χ2v) is 9.52. The second-order valence-electron chi connectivity index (χ2n) is 8.51. The first-order valence-corrected chi connectivity index (χ1v) is 12.0. The van der Waals surface area contributed by atoms with Crippen molar-refractivity contribution in [3.05, 3.63) is 59.8 Å². The summed E-state index contributed by atoms with van der Waals surface area (Å²) in [5, 5.41) is 0. The van der Waals surface area contributed by atoms with Crippen molar-refractivity contribution in [2.75, 3.05) is 26.3 Å². The zero-order valence-electron chi connectivity index (χ0n) is 18.0. The molecule has 4 heterocycles. The van der Waals surface area contributed by atoms with Crippen LogP contribution < -0.4 is 0 Å². The van der Waals surface area contributed by atoms with E-state index in [0.29, 0.717) is 26.3 Å². The molecule has 0 saturated carbocycles. The standard InChI is InChI=1S/C25H25N3O3S/c1-2-17-3-5-18(6-4-17)20-16-28-21-8-7-19(15-22(21)32-24(28)26-20)23(29)27-11-9-25(10-12-27)30-13-14-31-25/h3-8,15-16H,2,9-14H2,1H3. The van der Waals surface area contributed by atoms with Gasteiger partial charge in [-0.2, -0.15) is 0 Å². The number of hydrogen-bond acceptors (Lipinski definition) is 5. The number of imidazole rings is 1. The van der Waals surface area contributed by atoms with Crippen LogP contribution in [0.3, 0.4) is 0 Å². The third kappa shape index (κ3) is 3.32. The fraction of sp³-hybridized carbons (Fsp3) is 0.360. The summed E-state index contributed by atoms with van der Waals surface area (Å²) in [5.74, 6) is -0.392. The van der Waals surface area contributed by atoms with Gasteiger partial charge >= 0.3 is 0 Å². The first-order chi connectivity index (χ1) is 15.6. The number of hydrogen-bond donors (Lipinski definition) is 0. The zero-order valence-corrected chi connectivity index (χ0v) is 18.9. The summed E-state index contributed by atoms with van der Waals surface area (Å²) in [5.41, 5.74) is 5.22. The molecule has 0 radical (unpaired) electrons. The first kappa shape index (κ1) is 19.9. The van der Waals surface area contributed by atoms with Crippen LogP contribution in [-0.4, -0.2) is 52.3 Å².